The molecule has 3 rings (SSSR count). The van der Waals surface area contributed by atoms with E-state index in [-0.39, 0.29) is 24.3 Å². The first-order valence-electron chi connectivity index (χ1n) is 10.3. The smallest absolute Gasteiger partial charge is 0.248 e. The number of anilines is 2. The van der Waals surface area contributed by atoms with Crippen molar-refractivity contribution < 1.29 is 23.9 Å². The normalized spacial score (nSPS) is 14.4. The Balaban J connectivity index is 1.45. The van der Waals surface area contributed by atoms with Gasteiger partial charge < -0.3 is 25.8 Å². The first-order valence-corrected chi connectivity index (χ1v) is 10.3. The van der Waals surface area contributed by atoms with E-state index in [4.69, 9.17) is 15.2 Å². The van der Waals surface area contributed by atoms with Crippen LogP contribution in [0.3, 0.4) is 0 Å². The lowest BCUT2D eigenvalue weighted by molar-refractivity contribution is -0.121. The van der Waals surface area contributed by atoms with Gasteiger partial charge in [0.25, 0.3) is 0 Å². The predicted molar refractivity (Wildman–Crippen MR) is 121 cm³/mol. The van der Waals surface area contributed by atoms with E-state index in [1.54, 1.807) is 56.7 Å². The number of carbonyl (C=O) groups excluding carboxylic acids is 3. The molecule has 9 nitrogen and oxygen atoms in total. The number of nitrogens with one attached hydrogen (secondary N) is 2. The van der Waals surface area contributed by atoms with Crippen LogP contribution in [0.5, 0.6) is 11.5 Å². The Morgan fingerprint density at radius 1 is 0.938 bits per heavy atom. The van der Waals surface area contributed by atoms with Crippen molar-refractivity contribution in [2.24, 2.45) is 11.7 Å². The average molecular weight is 441 g/mol. The lowest BCUT2D eigenvalue weighted by atomic mass is 9.95. The van der Waals surface area contributed by atoms with E-state index >= 15 is 0 Å². The van der Waals surface area contributed by atoms with Crippen LogP contribution >= 0.6 is 0 Å². The Morgan fingerprint density at radius 3 is 2.16 bits per heavy atom. The van der Waals surface area contributed by atoms with Crippen molar-refractivity contribution in [2.45, 2.75) is 12.8 Å². The second kappa shape index (κ2) is 10.6. The lowest BCUT2D eigenvalue weighted by Gasteiger charge is -2.30. The van der Waals surface area contributed by atoms with Gasteiger partial charge in [-0.1, -0.05) is 0 Å². The van der Waals surface area contributed by atoms with Gasteiger partial charge in [-0.2, -0.15) is 0 Å². The second-order valence-electron chi connectivity index (χ2n) is 7.60. The molecular weight excluding hydrogens is 412 g/mol. The molecule has 0 aromatic heterocycles. The highest BCUT2D eigenvalue weighted by Gasteiger charge is 2.26. The number of nitrogens with two attached hydrogens (primary N) is 1. The summed E-state index contributed by atoms with van der Waals surface area (Å²) in [6.07, 6.45) is 1.32. The summed E-state index contributed by atoms with van der Waals surface area (Å²) in [4.78, 5) is 38.1. The molecule has 0 bridgehead atoms. The van der Waals surface area contributed by atoms with E-state index in [9.17, 15) is 14.4 Å². The molecule has 2 aromatic carbocycles. The Hall–Kier alpha value is -3.59. The van der Waals surface area contributed by atoms with Crippen LogP contribution in [0, 0.1) is 5.92 Å². The van der Waals surface area contributed by atoms with Crippen LogP contribution in [-0.2, 0) is 9.59 Å². The third-order valence-electron chi connectivity index (χ3n) is 5.43. The summed E-state index contributed by atoms with van der Waals surface area (Å²) in [6, 6.07) is 11.7. The summed E-state index contributed by atoms with van der Waals surface area (Å²) < 4.78 is 10.5. The van der Waals surface area contributed by atoms with E-state index < -0.39 is 5.91 Å². The fraction of sp³-hybridized carbons (Fsp3) is 0.348. The van der Waals surface area contributed by atoms with Gasteiger partial charge in [-0.05, 0) is 62.3 Å². The van der Waals surface area contributed by atoms with Crippen molar-refractivity contribution in [3.63, 3.8) is 0 Å². The van der Waals surface area contributed by atoms with Crippen molar-refractivity contribution in [1.82, 2.24) is 4.90 Å². The highest BCUT2D eigenvalue weighted by atomic mass is 16.5. The number of hydrogen-bond donors (Lipinski definition) is 3. The van der Waals surface area contributed by atoms with Crippen molar-refractivity contribution in [2.75, 3.05) is 44.5 Å². The number of primary amides is 1. The number of benzene rings is 2. The SMILES string of the molecule is COc1ccc(NC(=O)CN2CCC(C(=O)Nc3ccc(C(N)=O)cc3)CC2)cc1OC. The highest BCUT2D eigenvalue weighted by molar-refractivity contribution is 5.95. The predicted octanol–water partition coefficient (Wildman–Crippen LogP) is 2.09. The molecular formula is C23H28N4O5. The van der Waals surface area contributed by atoms with Gasteiger partial charge in [0, 0.05) is 28.9 Å². The molecule has 0 spiro atoms. The van der Waals surface area contributed by atoms with Gasteiger partial charge in [-0.15, -0.1) is 0 Å². The molecule has 9 heteroatoms. The maximum Gasteiger partial charge on any atom is 0.248 e. The first-order chi connectivity index (χ1) is 15.4. The molecule has 0 saturated carbocycles. The molecule has 1 fully saturated rings. The minimum Gasteiger partial charge on any atom is -0.493 e. The zero-order chi connectivity index (χ0) is 23.1. The molecule has 1 aliphatic rings. The Morgan fingerprint density at radius 2 is 1.56 bits per heavy atom. The summed E-state index contributed by atoms with van der Waals surface area (Å²) in [7, 11) is 3.10. The zero-order valence-electron chi connectivity index (χ0n) is 18.2. The maximum absolute atomic E-state index is 12.5. The fourth-order valence-electron chi connectivity index (χ4n) is 3.63. The fourth-order valence-corrected chi connectivity index (χ4v) is 3.63. The van der Waals surface area contributed by atoms with E-state index in [0.717, 1.165) is 0 Å². The molecule has 1 aliphatic heterocycles. The Bertz CT molecular complexity index is 969. The molecule has 3 amide bonds. The molecule has 0 unspecified atom stereocenters. The highest BCUT2D eigenvalue weighted by Crippen LogP contribution is 2.29. The van der Waals surface area contributed by atoms with Gasteiger partial charge in [-0.3, -0.25) is 19.3 Å². The van der Waals surface area contributed by atoms with Crippen LogP contribution < -0.4 is 25.8 Å². The van der Waals surface area contributed by atoms with Crippen LogP contribution in [0.15, 0.2) is 42.5 Å². The van der Waals surface area contributed by atoms with Crippen LogP contribution in [0.25, 0.3) is 0 Å². The van der Waals surface area contributed by atoms with Gasteiger partial charge >= 0.3 is 0 Å². The summed E-state index contributed by atoms with van der Waals surface area (Å²) in [6.45, 7) is 1.55. The molecule has 0 aliphatic carbocycles. The third kappa shape index (κ3) is 5.98. The van der Waals surface area contributed by atoms with Crippen LogP contribution in [0.1, 0.15) is 23.2 Å². The number of ether oxygens (including phenoxy) is 2. The number of likely N-dealkylation sites (tertiary alicyclic amines) is 1. The largest absolute Gasteiger partial charge is 0.493 e. The van der Waals surface area contributed by atoms with Gasteiger partial charge in [-0.25, -0.2) is 0 Å². The molecule has 1 saturated heterocycles. The molecule has 0 atom stereocenters. The Kier molecular flexibility index (Phi) is 7.67. The number of piperidine rings is 1. The number of rotatable bonds is 8. The van der Waals surface area contributed by atoms with E-state index in [0.29, 0.717) is 54.4 Å². The number of carbonyl (C=O) groups is 3. The minimum atomic E-state index is -0.509. The molecule has 32 heavy (non-hydrogen) atoms. The van der Waals surface area contributed by atoms with E-state index in [2.05, 4.69) is 10.6 Å². The maximum atomic E-state index is 12.5. The summed E-state index contributed by atoms with van der Waals surface area (Å²) in [5.74, 6) is 0.304. The molecule has 4 N–H and O–H groups in total. The summed E-state index contributed by atoms with van der Waals surface area (Å²) >= 11 is 0. The van der Waals surface area contributed by atoms with E-state index in [1.165, 1.54) is 0 Å². The van der Waals surface area contributed by atoms with Crippen molar-refractivity contribution >= 4 is 29.1 Å². The van der Waals surface area contributed by atoms with Crippen LogP contribution in [0.4, 0.5) is 11.4 Å². The Labute approximate surface area is 186 Å². The third-order valence-corrected chi connectivity index (χ3v) is 5.43. The van der Waals surface area contributed by atoms with E-state index in [1.807, 2.05) is 4.90 Å². The molecule has 1 heterocycles. The van der Waals surface area contributed by atoms with Gasteiger partial charge in [0.2, 0.25) is 17.7 Å². The monoisotopic (exact) mass is 440 g/mol. The van der Waals surface area contributed by atoms with Gasteiger partial charge in [0.05, 0.1) is 20.8 Å². The number of methoxy groups -OCH3 is 2. The zero-order valence-corrected chi connectivity index (χ0v) is 18.2. The van der Waals surface area contributed by atoms with Gasteiger partial charge in [0.15, 0.2) is 11.5 Å². The second-order valence-corrected chi connectivity index (χ2v) is 7.60. The standard InChI is InChI=1S/C23H28N4O5/c1-31-19-8-7-18(13-20(19)32-2)25-21(28)14-27-11-9-16(10-12-27)23(30)26-17-5-3-15(4-6-17)22(24)29/h3-8,13,16H,9-12,14H2,1-2H3,(H2,24,29)(H,25,28)(H,26,30). The number of nitrogens with zero attached hydrogens (tertiary/aromatic N) is 1. The average Bonchev–Trinajstić information content (AvgIpc) is 2.79. The van der Waals surface area contributed by atoms with Crippen molar-refractivity contribution in [3.05, 3.63) is 48.0 Å². The summed E-state index contributed by atoms with van der Waals surface area (Å²) in [5.41, 5.74) is 6.87. The minimum absolute atomic E-state index is 0.0637. The van der Waals surface area contributed by atoms with Crippen LogP contribution in [-0.4, -0.2) is 56.5 Å². The quantitative estimate of drug-likeness (QED) is 0.578. The number of amides is 3. The van der Waals surface area contributed by atoms with Crippen LogP contribution in [0.2, 0.25) is 0 Å². The molecule has 170 valence electrons. The molecule has 2 aromatic rings. The molecule has 0 radical (unpaired) electrons. The lowest BCUT2D eigenvalue weighted by Crippen LogP contribution is -2.41. The topological polar surface area (TPSA) is 123 Å². The van der Waals surface area contributed by atoms with Crippen molar-refractivity contribution in [3.8, 4) is 11.5 Å². The number of hydrogen-bond acceptors (Lipinski definition) is 6. The van der Waals surface area contributed by atoms with Gasteiger partial charge in [0.1, 0.15) is 0 Å². The first kappa shape index (κ1) is 23.1. The summed E-state index contributed by atoms with van der Waals surface area (Å²) in [5, 5.41) is 5.74. The van der Waals surface area contributed by atoms with Crippen molar-refractivity contribution in [1.29, 1.82) is 0 Å².